The summed E-state index contributed by atoms with van der Waals surface area (Å²) in [6.45, 7) is 1.24. The van der Waals surface area contributed by atoms with Gasteiger partial charge in [0.05, 0.1) is 23.9 Å². The highest BCUT2D eigenvalue weighted by Crippen LogP contribution is 2.31. The molecule has 29 heavy (non-hydrogen) atoms. The van der Waals surface area contributed by atoms with Crippen LogP contribution < -0.4 is 4.90 Å². The zero-order valence-electron chi connectivity index (χ0n) is 15.9. The lowest BCUT2D eigenvalue weighted by Gasteiger charge is -2.23. The molecular weight excluding hydrogens is 470 g/mol. The molecule has 8 heteroatoms. The number of amides is 1. The van der Waals surface area contributed by atoms with Gasteiger partial charge in [-0.15, -0.1) is 23.1 Å². The molecule has 5 nitrogen and oxygen atoms in total. The Morgan fingerprint density at radius 2 is 2.17 bits per heavy atom. The van der Waals surface area contributed by atoms with Gasteiger partial charge in [-0.2, -0.15) is 0 Å². The third-order valence-electron chi connectivity index (χ3n) is 4.71. The number of benzene rings is 1. The second-order valence-corrected chi connectivity index (χ2v) is 9.18. The Kier molecular flexibility index (Phi) is 6.64. The molecule has 0 N–H and O–H groups in total. The molecule has 0 radical (unpaired) electrons. The third kappa shape index (κ3) is 4.71. The zero-order chi connectivity index (χ0) is 20.2. The highest BCUT2D eigenvalue weighted by molar-refractivity contribution is 9.10. The van der Waals surface area contributed by atoms with E-state index in [1.807, 2.05) is 42.0 Å². The molecule has 4 rings (SSSR count). The van der Waals surface area contributed by atoms with Gasteiger partial charge in [-0.25, -0.2) is 9.97 Å². The van der Waals surface area contributed by atoms with Crippen LogP contribution in [0.4, 0.5) is 5.13 Å². The first-order chi connectivity index (χ1) is 14.2. The van der Waals surface area contributed by atoms with Gasteiger partial charge in [0.2, 0.25) is 0 Å². The highest BCUT2D eigenvalue weighted by atomic mass is 79.9. The molecule has 0 bridgehead atoms. The molecule has 0 aliphatic carbocycles. The van der Waals surface area contributed by atoms with E-state index in [0.717, 1.165) is 40.2 Å². The standard InChI is InChI=1S/C21H20BrN3O2S2/c1-28-19-17(5-2-10-23-19)20(26)25(12-16-4-3-11-27-16)21-24-18(13-29-21)14-6-8-15(22)9-7-14/h2,5-10,13,16H,3-4,11-12H2,1H3/t16-/m1/s1. The van der Waals surface area contributed by atoms with Crippen molar-refractivity contribution in [3.8, 4) is 11.3 Å². The fraction of sp³-hybridized carbons (Fsp3) is 0.286. The van der Waals surface area contributed by atoms with Crippen molar-refractivity contribution in [2.75, 3.05) is 24.3 Å². The second-order valence-electron chi connectivity index (χ2n) is 6.63. The molecule has 1 aliphatic rings. The maximum atomic E-state index is 13.5. The number of ether oxygens (including phenoxy) is 1. The lowest BCUT2D eigenvalue weighted by molar-refractivity contribution is 0.0914. The van der Waals surface area contributed by atoms with Gasteiger partial charge in [-0.3, -0.25) is 9.69 Å². The summed E-state index contributed by atoms with van der Waals surface area (Å²) in [5, 5.41) is 3.39. The summed E-state index contributed by atoms with van der Waals surface area (Å²) in [6, 6.07) is 11.6. The van der Waals surface area contributed by atoms with Crippen LogP contribution in [0, 0.1) is 0 Å². The fourth-order valence-corrected chi connectivity index (χ4v) is 4.89. The predicted octanol–water partition coefficient (Wildman–Crippen LogP) is 5.52. The number of halogens is 1. The van der Waals surface area contributed by atoms with Crippen LogP contribution in [0.3, 0.4) is 0 Å². The summed E-state index contributed by atoms with van der Waals surface area (Å²) in [7, 11) is 0. The minimum absolute atomic E-state index is 0.0355. The number of carbonyl (C=O) groups is 1. The van der Waals surface area contributed by atoms with Gasteiger partial charge < -0.3 is 4.74 Å². The number of hydrogen-bond donors (Lipinski definition) is 0. The van der Waals surface area contributed by atoms with Crippen LogP contribution in [0.5, 0.6) is 0 Å². The van der Waals surface area contributed by atoms with Gasteiger partial charge in [0.15, 0.2) is 5.13 Å². The van der Waals surface area contributed by atoms with Crippen LogP contribution in [0.2, 0.25) is 0 Å². The van der Waals surface area contributed by atoms with Crippen LogP contribution in [0.15, 0.2) is 57.5 Å². The maximum Gasteiger partial charge on any atom is 0.262 e. The molecule has 0 unspecified atom stereocenters. The first-order valence-corrected chi connectivity index (χ1v) is 12.2. The number of anilines is 1. The number of nitrogens with zero attached hydrogens (tertiary/aromatic N) is 3. The largest absolute Gasteiger partial charge is 0.376 e. The van der Waals surface area contributed by atoms with Crippen molar-refractivity contribution in [1.82, 2.24) is 9.97 Å². The van der Waals surface area contributed by atoms with Crippen LogP contribution in [-0.2, 0) is 4.74 Å². The van der Waals surface area contributed by atoms with Crippen molar-refractivity contribution in [1.29, 1.82) is 0 Å². The Morgan fingerprint density at radius 3 is 2.90 bits per heavy atom. The molecule has 2 aromatic heterocycles. The van der Waals surface area contributed by atoms with Crippen LogP contribution in [0.25, 0.3) is 11.3 Å². The van der Waals surface area contributed by atoms with Crippen molar-refractivity contribution in [2.45, 2.75) is 24.0 Å². The molecule has 0 saturated carbocycles. The van der Waals surface area contributed by atoms with E-state index >= 15 is 0 Å². The molecule has 1 aromatic carbocycles. The third-order valence-corrected chi connectivity index (χ3v) is 6.82. The van der Waals surface area contributed by atoms with Crippen LogP contribution >= 0.6 is 39.0 Å². The SMILES string of the molecule is CSc1ncccc1C(=O)N(C[C@H]1CCCO1)c1nc(-c2ccc(Br)cc2)cs1. The van der Waals surface area contributed by atoms with Gasteiger partial charge in [-0.05, 0) is 43.4 Å². The van der Waals surface area contributed by atoms with E-state index in [1.54, 1.807) is 17.2 Å². The minimum Gasteiger partial charge on any atom is -0.376 e. The summed E-state index contributed by atoms with van der Waals surface area (Å²) in [5.74, 6) is -0.0883. The summed E-state index contributed by atoms with van der Waals surface area (Å²) in [6.07, 6.45) is 5.66. The molecule has 3 heterocycles. The Labute approximate surface area is 186 Å². The van der Waals surface area contributed by atoms with E-state index in [-0.39, 0.29) is 12.0 Å². The lowest BCUT2D eigenvalue weighted by Crippen LogP contribution is -2.37. The van der Waals surface area contributed by atoms with Gasteiger partial charge >= 0.3 is 0 Å². The molecule has 1 fully saturated rings. The molecule has 150 valence electrons. The van der Waals surface area contributed by atoms with E-state index in [2.05, 4.69) is 20.9 Å². The average Bonchev–Trinajstić information content (AvgIpc) is 3.44. The number of rotatable bonds is 6. The van der Waals surface area contributed by atoms with E-state index < -0.39 is 0 Å². The second kappa shape index (κ2) is 9.38. The molecule has 1 saturated heterocycles. The van der Waals surface area contributed by atoms with Crippen LogP contribution in [-0.4, -0.2) is 41.4 Å². The van der Waals surface area contributed by atoms with E-state index in [0.29, 0.717) is 17.2 Å². The number of thiazole rings is 1. The number of carbonyl (C=O) groups excluding carboxylic acids is 1. The number of pyridine rings is 1. The van der Waals surface area contributed by atoms with Gasteiger partial charge in [0.25, 0.3) is 5.91 Å². The maximum absolute atomic E-state index is 13.5. The quantitative estimate of drug-likeness (QED) is 0.426. The first-order valence-electron chi connectivity index (χ1n) is 9.29. The molecule has 1 amide bonds. The van der Waals surface area contributed by atoms with Gasteiger partial charge in [0, 0.05) is 28.2 Å². The monoisotopic (exact) mass is 489 g/mol. The van der Waals surface area contributed by atoms with Gasteiger partial charge in [0.1, 0.15) is 5.03 Å². The molecule has 3 aromatic rings. The minimum atomic E-state index is -0.0883. The Morgan fingerprint density at radius 1 is 1.34 bits per heavy atom. The molecule has 1 atom stereocenters. The molecule has 0 spiro atoms. The normalized spacial score (nSPS) is 16.1. The lowest BCUT2D eigenvalue weighted by atomic mass is 10.2. The Bertz CT molecular complexity index is 988. The van der Waals surface area contributed by atoms with E-state index in [9.17, 15) is 4.79 Å². The van der Waals surface area contributed by atoms with Gasteiger partial charge in [-0.1, -0.05) is 28.1 Å². The van der Waals surface area contributed by atoms with Crippen molar-refractivity contribution < 1.29 is 9.53 Å². The fourth-order valence-electron chi connectivity index (χ4n) is 3.24. The molecular formula is C21H20BrN3O2S2. The first kappa shape index (κ1) is 20.5. The van der Waals surface area contributed by atoms with Crippen molar-refractivity contribution in [3.63, 3.8) is 0 Å². The summed E-state index contributed by atoms with van der Waals surface area (Å²) in [4.78, 5) is 24.4. The predicted molar refractivity (Wildman–Crippen MR) is 122 cm³/mol. The summed E-state index contributed by atoms with van der Waals surface area (Å²) >= 11 is 6.41. The Balaban J connectivity index is 1.67. The van der Waals surface area contributed by atoms with Crippen LogP contribution in [0.1, 0.15) is 23.2 Å². The Hall–Kier alpha value is -1.74. The summed E-state index contributed by atoms with van der Waals surface area (Å²) < 4.78 is 6.83. The smallest absolute Gasteiger partial charge is 0.262 e. The van der Waals surface area contributed by atoms with E-state index in [4.69, 9.17) is 9.72 Å². The van der Waals surface area contributed by atoms with Crippen molar-refractivity contribution in [2.24, 2.45) is 0 Å². The summed E-state index contributed by atoms with van der Waals surface area (Å²) in [5.41, 5.74) is 2.48. The molecule has 1 aliphatic heterocycles. The topological polar surface area (TPSA) is 55.3 Å². The zero-order valence-corrected chi connectivity index (χ0v) is 19.1. The number of hydrogen-bond acceptors (Lipinski definition) is 6. The average molecular weight is 490 g/mol. The number of thioether (sulfide) groups is 1. The van der Waals surface area contributed by atoms with E-state index in [1.165, 1.54) is 23.1 Å². The van der Waals surface area contributed by atoms with Crippen molar-refractivity contribution >= 4 is 50.1 Å². The van der Waals surface area contributed by atoms with Crippen molar-refractivity contribution in [3.05, 3.63) is 58.0 Å². The highest BCUT2D eigenvalue weighted by Gasteiger charge is 2.28. The number of aromatic nitrogens is 2.